The van der Waals surface area contributed by atoms with E-state index in [4.69, 9.17) is 21.3 Å². The average molecular weight is 411 g/mol. The summed E-state index contributed by atoms with van der Waals surface area (Å²) in [5.41, 5.74) is 3.25. The van der Waals surface area contributed by atoms with Crippen molar-refractivity contribution in [3.8, 4) is 11.3 Å². The summed E-state index contributed by atoms with van der Waals surface area (Å²) >= 11 is 6.15. The Morgan fingerprint density at radius 1 is 1.07 bits per heavy atom. The molecule has 1 heterocycles. The summed E-state index contributed by atoms with van der Waals surface area (Å²) in [5, 5.41) is 1.28. The van der Waals surface area contributed by atoms with Crippen molar-refractivity contribution < 1.29 is 14.3 Å². The van der Waals surface area contributed by atoms with Gasteiger partial charge in [-0.15, -0.1) is 0 Å². The SMILES string of the molecule is CCN(CC)C(=O)COC(=O)c1c(C)c(-c2cccc(Cl)c2)nc2ccccc12. The minimum absolute atomic E-state index is 0.213. The van der Waals surface area contributed by atoms with Gasteiger partial charge in [0.05, 0.1) is 16.8 Å². The molecule has 0 fully saturated rings. The van der Waals surface area contributed by atoms with Gasteiger partial charge in [0.2, 0.25) is 0 Å². The second-order valence-electron chi connectivity index (χ2n) is 6.63. The van der Waals surface area contributed by atoms with Crippen molar-refractivity contribution in [3.05, 3.63) is 64.7 Å². The van der Waals surface area contributed by atoms with E-state index in [-0.39, 0.29) is 12.5 Å². The Labute approximate surface area is 175 Å². The number of amides is 1. The van der Waals surface area contributed by atoms with Gasteiger partial charge in [0.15, 0.2) is 6.61 Å². The molecule has 150 valence electrons. The fraction of sp³-hybridized carbons (Fsp3) is 0.261. The normalized spacial score (nSPS) is 10.8. The molecule has 6 heteroatoms. The number of hydrogen-bond donors (Lipinski definition) is 0. The summed E-state index contributed by atoms with van der Waals surface area (Å²) in [6.45, 7) is 6.47. The fourth-order valence-corrected chi connectivity index (χ4v) is 3.54. The van der Waals surface area contributed by atoms with Gasteiger partial charge in [-0.25, -0.2) is 9.78 Å². The molecular formula is C23H23ClN2O3. The highest BCUT2D eigenvalue weighted by Crippen LogP contribution is 2.31. The van der Waals surface area contributed by atoms with Gasteiger partial charge in [0, 0.05) is 29.1 Å². The van der Waals surface area contributed by atoms with Gasteiger partial charge in [-0.05, 0) is 44.5 Å². The molecule has 0 saturated carbocycles. The number of fused-ring (bicyclic) bond motifs is 1. The number of rotatable bonds is 6. The quantitative estimate of drug-likeness (QED) is 0.543. The third-order valence-electron chi connectivity index (χ3n) is 4.88. The Bertz CT molecular complexity index is 1060. The lowest BCUT2D eigenvalue weighted by Gasteiger charge is -2.19. The highest BCUT2D eigenvalue weighted by molar-refractivity contribution is 6.30. The zero-order valence-electron chi connectivity index (χ0n) is 16.7. The smallest absolute Gasteiger partial charge is 0.339 e. The van der Waals surface area contributed by atoms with Gasteiger partial charge >= 0.3 is 5.97 Å². The number of halogens is 1. The monoisotopic (exact) mass is 410 g/mol. The number of likely N-dealkylation sites (N-methyl/N-ethyl adjacent to an activating group) is 1. The summed E-state index contributed by atoms with van der Waals surface area (Å²) in [6, 6.07) is 14.7. The minimum atomic E-state index is -0.537. The van der Waals surface area contributed by atoms with E-state index in [2.05, 4.69) is 0 Å². The zero-order chi connectivity index (χ0) is 21.0. The van der Waals surface area contributed by atoms with E-state index < -0.39 is 5.97 Å². The molecule has 0 aliphatic rings. The second-order valence-corrected chi connectivity index (χ2v) is 7.07. The largest absolute Gasteiger partial charge is 0.452 e. The Morgan fingerprint density at radius 2 is 1.79 bits per heavy atom. The van der Waals surface area contributed by atoms with Crippen molar-refractivity contribution in [2.75, 3.05) is 19.7 Å². The van der Waals surface area contributed by atoms with E-state index >= 15 is 0 Å². The first-order valence-corrected chi connectivity index (χ1v) is 9.94. The van der Waals surface area contributed by atoms with Gasteiger partial charge in [0.25, 0.3) is 5.91 Å². The number of benzene rings is 2. The molecule has 0 saturated heterocycles. The van der Waals surface area contributed by atoms with E-state index in [1.807, 2.05) is 63.2 Å². The van der Waals surface area contributed by atoms with Crippen LogP contribution in [0.25, 0.3) is 22.2 Å². The molecule has 0 bridgehead atoms. The number of para-hydroxylation sites is 1. The lowest BCUT2D eigenvalue weighted by Crippen LogP contribution is -2.34. The summed E-state index contributed by atoms with van der Waals surface area (Å²) in [7, 11) is 0. The number of hydrogen-bond acceptors (Lipinski definition) is 4. The van der Waals surface area contributed by atoms with Gasteiger partial charge in [-0.1, -0.05) is 41.9 Å². The number of carbonyl (C=O) groups is 2. The van der Waals surface area contributed by atoms with Crippen LogP contribution >= 0.6 is 11.6 Å². The first kappa shape index (κ1) is 20.8. The molecule has 2 aromatic carbocycles. The van der Waals surface area contributed by atoms with Crippen LogP contribution in [0.15, 0.2) is 48.5 Å². The van der Waals surface area contributed by atoms with Crippen LogP contribution in [0.4, 0.5) is 0 Å². The molecule has 0 unspecified atom stereocenters. The van der Waals surface area contributed by atoms with Crippen LogP contribution < -0.4 is 0 Å². The third kappa shape index (κ3) is 4.40. The average Bonchev–Trinajstić information content (AvgIpc) is 2.72. The molecule has 1 amide bonds. The summed E-state index contributed by atoms with van der Waals surface area (Å²) in [5.74, 6) is -0.751. The molecule has 0 radical (unpaired) electrons. The Hall–Kier alpha value is -2.92. The predicted octanol–water partition coefficient (Wildman–Crippen LogP) is 4.89. The number of carbonyl (C=O) groups excluding carboxylic acids is 2. The molecule has 0 aliphatic carbocycles. The van der Waals surface area contributed by atoms with Gasteiger partial charge in [0.1, 0.15) is 0 Å². The third-order valence-corrected chi connectivity index (χ3v) is 5.12. The van der Waals surface area contributed by atoms with Crippen molar-refractivity contribution >= 4 is 34.4 Å². The van der Waals surface area contributed by atoms with E-state index in [0.29, 0.717) is 45.8 Å². The predicted molar refractivity (Wildman–Crippen MR) is 115 cm³/mol. The zero-order valence-corrected chi connectivity index (χ0v) is 17.5. The van der Waals surface area contributed by atoms with E-state index in [1.165, 1.54) is 0 Å². The van der Waals surface area contributed by atoms with Gasteiger partial charge in [-0.3, -0.25) is 4.79 Å². The molecular weight excluding hydrogens is 388 g/mol. The van der Waals surface area contributed by atoms with Crippen molar-refractivity contribution in [1.29, 1.82) is 0 Å². The Morgan fingerprint density at radius 3 is 2.48 bits per heavy atom. The van der Waals surface area contributed by atoms with Crippen LogP contribution in [0.2, 0.25) is 5.02 Å². The van der Waals surface area contributed by atoms with E-state index in [1.54, 1.807) is 11.0 Å². The topological polar surface area (TPSA) is 59.5 Å². The molecule has 0 atom stereocenters. The number of nitrogens with zero attached hydrogens (tertiary/aromatic N) is 2. The van der Waals surface area contributed by atoms with E-state index in [0.717, 1.165) is 5.56 Å². The maximum Gasteiger partial charge on any atom is 0.339 e. The number of esters is 1. The second kappa shape index (κ2) is 9.05. The van der Waals surface area contributed by atoms with Crippen molar-refractivity contribution in [2.24, 2.45) is 0 Å². The number of aromatic nitrogens is 1. The standard InChI is InChI=1S/C23H23ClN2O3/c1-4-26(5-2)20(27)14-29-23(28)21-15(3)22(16-9-8-10-17(24)13-16)25-19-12-7-6-11-18(19)21/h6-13H,4-5,14H2,1-3H3. The lowest BCUT2D eigenvalue weighted by molar-refractivity contribution is -0.134. The van der Waals surface area contributed by atoms with Crippen molar-refractivity contribution in [1.82, 2.24) is 9.88 Å². The van der Waals surface area contributed by atoms with Crippen LogP contribution in [0.5, 0.6) is 0 Å². The maximum absolute atomic E-state index is 13.0. The molecule has 5 nitrogen and oxygen atoms in total. The summed E-state index contributed by atoms with van der Waals surface area (Å²) in [4.78, 5) is 31.6. The van der Waals surface area contributed by atoms with Crippen LogP contribution in [-0.2, 0) is 9.53 Å². The van der Waals surface area contributed by atoms with Crippen molar-refractivity contribution in [3.63, 3.8) is 0 Å². The first-order valence-electron chi connectivity index (χ1n) is 9.56. The van der Waals surface area contributed by atoms with Crippen molar-refractivity contribution in [2.45, 2.75) is 20.8 Å². The number of ether oxygens (including phenoxy) is 1. The van der Waals surface area contributed by atoms with Crippen LogP contribution in [0.1, 0.15) is 29.8 Å². The lowest BCUT2D eigenvalue weighted by atomic mass is 9.98. The Balaban J connectivity index is 2.03. The fourth-order valence-electron chi connectivity index (χ4n) is 3.35. The molecule has 0 spiro atoms. The molecule has 0 N–H and O–H groups in total. The van der Waals surface area contributed by atoms with Gasteiger partial charge < -0.3 is 9.64 Å². The molecule has 29 heavy (non-hydrogen) atoms. The van der Waals surface area contributed by atoms with Gasteiger partial charge in [-0.2, -0.15) is 0 Å². The van der Waals surface area contributed by atoms with E-state index in [9.17, 15) is 9.59 Å². The van der Waals surface area contributed by atoms with Crippen LogP contribution in [-0.4, -0.2) is 41.5 Å². The maximum atomic E-state index is 13.0. The minimum Gasteiger partial charge on any atom is -0.452 e. The Kier molecular flexibility index (Phi) is 6.49. The first-order chi connectivity index (χ1) is 14.0. The highest BCUT2D eigenvalue weighted by atomic mass is 35.5. The summed E-state index contributed by atoms with van der Waals surface area (Å²) in [6.07, 6.45) is 0. The number of pyridine rings is 1. The molecule has 3 rings (SSSR count). The molecule has 1 aromatic heterocycles. The van der Waals surface area contributed by atoms with Crippen LogP contribution in [0, 0.1) is 6.92 Å². The molecule has 3 aromatic rings. The van der Waals surface area contributed by atoms with Crippen LogP contribution in [0.3, 0.4) is 0 Å². The molecule has 0 aliphatic heterocycles. The highest BCUT2D eigenvalue weighted by Gasteiger charge is 2.21. The summed E-state index contributed by atoms with van der Waals surface area (Å²) < 4.78 is 5.39.